The molecule has 2 fully saturated rings. The van der Waals surface area contributed by atoms with Crippen LogP contribution in [0.15, 0.2) is 18.2 Å². The van der Waals surface area contributed by atoms with Gasteiger partial charge in [0.15, 0.2) is 0 Å². The number of carbonyl (C=O) groups is 2. The zero-order valence-corrected chi connectivity index (χ0v) is 13.9. The van der Waals surface area contributed by atoms with Crippen LogP contribution in [0.25, 0.3) is 0 Å². The van der Waals surface area contributed by atoms with Gasteiger partial charge in [-0.1, -0.05) is 35.3 Å². The van der Waals surface area contributed by atoms with E-state index in [-0.39, 0.29) is 23.7 Å². The van der Waals surface area contributed by atoms with Crippen LogP contribution in [-0.2, 0) is 9.59 Å². The molecule has 0 aromatic heterocycles. The van der Waals surface area contributed by atoms with Crippen molar-refractivity contribution in [2.75, 3.05) is 26.2 Å². The van der Waals surface area contributed by atoms with Crippen molar-refractivity contribution in [2.45, 2.75) is 19.3 Å². The normalized spacial score (nSPS) is 24.3. The van der Waals surface area contributed by atoms with Gasteiger partial charge in [0.2, 0.25) is 11.8 Å². The van der Waals surface area contributed by atoms with Gasteiger partial charge in [0.25, 0.3) is 0 Å². The minimum atomic E-state index is -0.000144. The third-order valence-corrected chi connectivity index (χ3v) is 5.36. The molecule has 1 aromatic carbocycles. The quantitative estimate of drug-likeness (QED) is 0.830. The molecule has 1 aliphatic heterocycles. The first-order chi connectivity index (χ1) is 10.5. The second-order valence-corrected chi connectivity index (χ2v) is 6.71. The molecule has 1 aromatic rings. The van der Waals surface area contributed by atoms with Crippen molar-refractivity contribution in [1.82, 2.24) is 9.80 Å². The highest BCUT2D eigenvalue weighted by molar-refractivity contribution is 6.42. The van der Waals surface area contributed by atoms with Gasteiger partial charge in [-0.05, 0) is 24.0 Å². The van der Waals surface area contributed by atoms with Crippen LogP contribution in [0, 0.1) is 5.92 Å². The molecule has 0 spiro atoms. The van der Waals surface area contributed by atoms with E-state index in [2.05, 4.69) is 0 Å². The van der Waals surface area contributed by atoms with E-state index >= 15 is 0 Å². The molecule has 1 aliphatic carbocycles. The Balaban J connectivity index is 1.62. The van der Waals surface area contributed by atoms with Gasteiger partial charge in [-0.15, -0.1) is 0 Å². The minimum absolute atomic E-state index is 0.000144. The van der Waals surface area contributed by atoms with Crippen LogP contribution < -0.4 is 0 Å². The number of hydrogen-bond acceptors (Lipinski definition) is 2. The number of carbonyl (C=O) groups excluding carboxylic acids is 2. The number of amides is 2. The molecular weight excluding hydrogens is 323 g/mol. The number of halogens is 2. The standard InChI is InChI=1S/C16H18Cl2N2O2/c1-10(21)19-5-7-20(8-6-19)16(22)13-9-12(13)11-3-2-4-14(17)15(11)18/h2-4,12-13H,5-9H2,1H3/t12-,13-/m0/s1. The zero-order valence-electron chi connectivity index (χ0n) is 12.4. The van der Waals surface area contributed by atoms with Gasteiger partial charge in [0.05, 0.1) is 10.0 Å². The maximum atomic E-state index is 12.6. The van der Waals surface area contributed by atoms with Crippen LogP contribution in [0.1, 0.15) is 24.8 Å². The van der Waals surface area contributed by atoms with E-state index in [1.54, 1.807) is 17.9 Å². The van der Waals surface area contributed by atoms with Crippen molar-refractivity contribution in [3.63, 3.8) is 0 Å². The first kappa shape index (κ1) is 15.6. The van der Waals surface area contributed by atoms with E-state index in [0.29, 0.717) is 36.2 Å². The van der Waals surface area contributed by atoms with Gasteiger partial charge in [0, 0.05) is 39.0 Å². The predicted molar refractivity (Wildman–Crippen MR) is 86.1 cm³/mol. The summed E-state index contributed by atoms with van der Waals surface area (Å²) in [5.74, 6) is 0.413. The largest absolute Gasteiger partial charge is 0.339 e. The number of rotatable bonds is 2. The molecule has 22 heavy (non-hydrogen) atoms. The Kier molecular flexibility index (Phi) is 4.33. The Morgan fingerprint density at radius 1 is 1.09 bits per heavy atom. The Bertz CT molecular complexity index is 612. The summed E-state index contributed by atoms with van der Waals surface area (Å²) in [5, 5.41) is 1.10. The number of hydrogen-bond donors (Lipinski definition) is 0. The highest BCUT2D eigenvalue weighted by atomic mass is 35.5. The lowest BCUT2D eigenvalue weighted by atomic mass is 10.1. The van der Waals surface area contributed by atoms with Gasteiger partial charge in [-0.2, -0.15) is 0 Å². The van der Waals surface area contributed by atoms with E-state index in [1.807, 2.05) is 17.0 Å². The second kappa shape index (κ2) is 6.09. The fourth-order valence-electron chi connectivity index (χ4n) is 3.09. The lowest BCUT2D eigenvalue weighted by Crippen LogP contribution is -2.50. The van der Waals surface area contributed by atoms with E-state index < -0.39 is 0 Å². The van der Waals surface area contributed by atoms with E-state index in [9.17, 15) is 9.59 Å². The van der Waals surface area contributed by atoms with Gasteiger partial charge in [-0.3, -0.25) is 9.59 Å². The van der Waals surface area contributed by atoms with Crippen LogP contribution in [0.2, 0.25) is 10.0 Å². The first-order valence-corrected chi connectivity index (χ1v) is 8.23. The highest BCUT2D eigenvalue weighted by Gasteiger charge is 2.47. The fraction of sp³-hybridized carbons (Fsp3) is 0.500. The Morgan fingerprint density at radius 2 is 1.73 bits per heavy atom. The molecule has 6 heteroatoms. The Hall–Kier alpha value is -1.26. The first-order valence-electron chi connectivity index (χ1n) is 7.47. The molecule has 1 heterocycles. The predicted octanol–water partition coefficient (Wildman–Crippen LogP) is 2.79. The molecule has 2 amide bonds. The average Bonchev–Trinajstić information content (AvgIpc) is 3.30. The number of benzene rings is 1. The fourth-order valence-corrected chi connectivity index (χ4v) is 3.54. The molecule has 0 radical (unpaired) electrons. The summed E-state index contributed by atoms with van der Waals surface area (Å²) in [6.07, 6.45) is 0.825. The lowest BCUT2D eigenvalue weighted by molar-refractivity contribution is -0.139. The van der Waals surface area contributed by atoms with Crippen LogP contribution in [0.4, 0.5) is 0 Å². The molecule has 1 saturated carbocycles. The molecule has 0 N–H and O–H groups in total. The average molecular weight is 341 g/mol. The van der Waals surface area contributed by atoms with Gasteiger partial charge < -0.3 is 9.80 Å². The molecule has 2 atom stereocenters. The zero-order chi connectivity index (χ0) is 15.9. The number of piperazine rings is 1. The summed E-state index contributed by atoms with van der Waals surface area (Å²) in [4.78, 5) is 27.5. The van der Waals surface area contributed by atoms with Crippen LogP contribution in [0.5, 0.6) is 0 Å². The van der Waals surface area contributed by atoms with Crippen LogP contribution in [-0.4, -0.2) is 47.8 Å². The van der Waals surface area contributed by atoms with Crippen molar-refractivity contribution in [3.8, 4) is 0 Å². The topological polar surface area (TPSA) is 40.6 Å². The van der Waals surface area contributed by atoms with Crippen molar-refractivity contribution < 1.29 is 9.59 Å². The maximum Gasteiger partial charge on any atom is 0.226 e. The molecule has 4 nitrogen and oxygen atoms in total. The Morgan fingerprint density at radius 3 is 2.36 bits per heavy atom. The monoisotopic (exact) mass is 340 g/mol. The highest BCUT2D eigenvalue weighted by Crippen LogP contribution is 2.51. The second-order valence-electron chi connectivity index (χ2n) is 5.92. The maximum absolute atomic E-state index is 12.6. The van der Waals surface area contributed by atoms with Gasteiger partial charge in [-0.25, -0.2) is 0 Å². The van der Waals surface area contributed by atoms with Crippen molar-refractivity contribution in [2.24, 2.45) is 5.92 Å². The van der Waals surface area contributed by atoms with Crippen LogP contribution >= 0.6 is 23.2 Å². The summed E-state index contributed by atoms with van der Waals surface area (Å²) >= 11 is 12.3. The summed E-state index contributed by atoms with van der Waals surface area (Å²) < 4.78 is 0. The molecule has 1 saturated heterocycles. The molecule has 2 aliphatic rings. The molecule has 118 valence electrons. The van der Waals surface area contributed by atoms with Gasteiger partial charge in [0.1, 0.15) is 0 Å². The van der Waals surface area contributed by atoms with Gasteiger partial charge >= 0.3 is 0 Å². The van der Waals surface area contributed by atoms with Crippen molar-refractivity contribution in [3.05, 3.63) is 33.8 Å². The Labute approximate surface area is 140 Å². The summed E-state index contributed by atoms with van der Waals surface area (Å²) in [6, 6.07) is 5.57. The molecule has 3 rings (SSSR count). The SMILES string of the molecule is CC(=O)N1CCN(C(=O)[C@H]2C[C@H]2c2cccc(Cl)c2Cl)CC1. The van der Waals surface area contributed by atoms with E-state index in [4.69, 9.17) is 23.2 Å². The van der Waals surface area contributed by atoms with Crippen molar-refractivity contribution >= 4 is 35.0 Å². The third kappa shape index (κ3) is 2.95. The smallest absolute Gasteiger partial charge is 0.226 e. The molecular formula is C16H18Cl2N2O2. The number of nitrogens with zero attached hydrogens (tertiary/aromatic N) is 2. The van der Waals surface area contributed by atoms with E-state index in [1.165, 1.54) is 0 Å². The van der Waals surface area contributed by atoms with Crippen LogP contribution in [0.3, 0.4) is 0 Å². The van der Waals surface area contributed by atoms with Crippen molar-refractivity contribution in [1.29, 1.82) is 0 Å². The molecule has 0 unspecified atom stereocenters. The molecule has 0 bridgehead atoms. The van der Waals surface area contributed by atoms with E-state index in [0.717, 1.165) is 12.0 Å². The lowest BCUT2D eigenvalue weighted by Gasteiger charge is -2.34. The summed E-state index contributed by atoms with van der Waals surface area (Å²) in [6.45, 7) is 4.04. The summed E-state index contributed by atoms with van der Waals surface area (Å²) in [5.41, 5.74) is 0.967. The minimum Gasteiger partial charge on any atom is -0.339 e. The summed E-state index contributed by atoms with van der Waals surface area (Å²) in [7, 11) is 0. The third-order valence-electron chi connectivity index (χ3n) is 4.53.